The molecule has 18 heavy (non-hydrogen) atoms. The highest BCUT2D eigenvalue weighted by molar-refractivity contribution is 7.18. The van der Waals surface area contributed by atoms with Crippen LogP contribution in [0.2, 0.25) is 5.15 Å². The van der Waals surface area contributed by atoms with Gasteiger partial charge in [-0.1, -0.05) is 22.9 Å². The third-order valence-electron chi connectivity index (χ3n) is 2.35. The topological polar surface area (TPSA) is 66.6 Å². The molecule has 0 saturated heterocycles. The van der Waals surface area contributed by atoms with E-state index in [0.717, 1.165) is 17.1 Å². The average molecular weight is 287 g/mol. The molecule has 7 heteroatoms. The van der Waals surface area contributed by atoms with Gasteiger partial charge < -0.3 is 14.4 Å². The van der Waals surface area contributed by atoms with E-state index >= 15 is 0 Å². The zero-order valence-electron chi connectivity index (χ0n) is 9.59. The minimum Gasteiger partial charge on any atom is -0.477 e. The SMILES string of the molecule is CCN(Cc1ccco1)c1nc(Cl)c(C(=O)O)s1. The maximum Gasteiger partial charge on any atom is 0.349 e. The Labute approximate surface area is 113 Å². The Balaban J connectivity index is 2.22. The van der Waals surface area contributed by atoms with Crippen LogP contribution in [0.4, 0.5) is 5.13 Å². The number of carboxylic acid groups (broad SMARTS) is 1. The van der Waals surface area contributed by atoms with Crippen molar-refractivity contribution in [2.45, 2.75) is 13.5 Å². The third kappa shape index (κ3) is 2.65. The number of aromatic carboxylic acids is 1. The van der Waals surface area contributed by atoms with Crippen molar-refractivity contribution in [3.05, 3.63) is 34.2 Å². The fourth-order valence-electron chi connectivity index (χ4n) is 1.46. The first-order valence-electron chi connectivity index (χ1n) is 5.28. The summed E-state index contributed by atoms with van der Waals surface area (Å²) in [6.07, 6.45) is 1.60. The molecule has 0 aliphatic carbocycles. The zero-order valence-corrected chi connectivity index (χ0v) is 11.2. The molecular weight excluding hydrogens is 276 g/mol. The number of aromatic nitrogens is 1. The minimum absolute atomic E-state index is 0.0281. The summed E-state index contributed by atoms with van der Waals surface area (Å²) in [5.41, 5.74) is 0. The van der Waals surface area contributed by atoms with Gasteiger partial charge in [0.25, 0.3) is 0 Å². The first kappa shape index (κ1) is 12.9. The molecule has 96 valence electrons. The van der Waals surface area contributed by atoms with Gasteiger partial charge in [0.2, 0.25) is 0 Å². The second-order valence-corrected chi connectivity index (χ2v) is 4.85. The summed E-state index contributed by atoms with van der Waals surface area (Å²) < 4.78 is 5.26. The van der Waals surface area contributed by atoms with Gasteiger partial charge in [0.15, 0.2) is 15.2 Å². The van der Waals surface area contributed by atoms with E-state index in [-0.39, 0.29) is 10.0 Å². The van der Waals surface area contributed by atoms with Gasteiger partial charge in [-0.15, -0.1) is 0 Å². The maximum atomic E-state index is 10.9. The van der Waals surface area contributed by atoms with Crippen LogP contribution in [0.3, 0.4) is 0 Å². The maximum absolute atomic E-state index is 10.9. The number of carbonyl (C=O) groups is 1. The van der Waals surface area contributed by atoms with Gasteiger partial charge in [0, 0.05) is 6.54 Å². The van der Waals surface area contributed by atoms with Crippen molar-refractivity contribution >= 4 is 34.0 Å². The number of furan rings is 1. The van der Waals surface area contributed by atoms with E-state index in [9.17, 15) is 4.79 Å². The van der Waals surface area contributed by atoms with Gasteiger partial charge in [-0.2, -0.15) is 0 Å². The van der Waals surface area contributed by atoms with Gasteiger partial charge in [-0.05, 0) is 19.1 Å². The Bertz CT molecular complexity index is 538. The van der Waals surface area contributed by atoms with E-state index < -0.39 is 5.97 Å². The standard InChI is InChI=1S/C11H11ClN2O3S/c1-2-14(6-7-4-3-5-17-7)11-13-9(12)8(18-11)10(15)16/h3-5H,2,6H2,1H3,(H,15,16). The zero-order chi connectivity index (χ0) is 13.1. The molecule has 0 spiro atoms. The minimum atomic E-state index is -1.06. The van der Waals surface area contributed by atoms with Crippen molar-refractivity contribution in [1.82, 2.24) is 4.98 Å². The molecule has 2 heterocycles. The van der Waals surface area contributed by atoms with Crippen LogP contribution in [0.5, 0.6) is 0 Å². The van der Waals surface area contributed by atoms with Crippen molar-refractivity contribution in [3.8, 4) is 0 Å². The molecular formula is C11H11ClN2O3S. The lowest BCUT2D eigenvalue weighted by atomic mass is 10.4. The van der Waals surface area contributed by atoms with Gasteiger partial charge >= 0.3 is 5.97 Å². The summed E-state index contributed by atoms with van der Waals surface area (Å²) in [6, 6.07) is 3.66. The molecule has 0 aromatic carbocycles. The summed E-state index contributed by atoms with van der Waals surface area (Å²) in [7, 11) is 0. The van der Waals surface area contributed by atoms with Crippen LogP contribution in [-0.4, -0.2) is 22.6 Å². The lowest BCUT2D eigenvalue weighted by Gasteiger charge is -2.17. The van der Waals surface area contributed by atoms with Gasteiger partial charge in [-0.3, -0.25) is 0 Å². The van der Waals surface area contributed by atoms with E-state index in [2.05, 4.69) is 4.98 Å². The largest absolute Gasteiger partial charge is 0.477 e. The molecule has 0 saturated carbocycles. The molecule has 2 aromatic rings. The lowest BCUT2D eigenvalue weighted by Crippen LogP contribution is -2.21. The Kier molecular flexibility index (Phi) is 3.88. The van der Waals surface area contributed by atoms with E-state index in [0.29, 0.717) is 18.2 Å². The van der Waals surface area contributed by atoms with Crippen molar-refractivity contribution in [1.29, 1.82) is 0 Å². The van der Waals surface area contributed by atoms with E-state index in [1.165, 1.54) is 0 Å². The summed E-state index contributed by atoms with van der Waals surface area (Å²) in [5, 5.41) is 9.55. The number of nitrogens with zero attached hydrogens (tertiary/aromatic N) is 2. The molecule has 5 nitrogen and oxygen atoms in total. The van der Waals surface area contributed by atoms with Crippen molar-refractivity contribution < 1.29 is 14.3 Å². The molecule has 0 amide bonds. The second kappa shape index (κ2) is 5.41. The Hall–Kier alpha value is -1.53. The quantitative estimate of drug-likeness (QED) is 0.915. The van der Waals surface area contributed by atoms with E-state index in [4.69, 9.17) is 21.1 Å². The van der Waals surface area contributed by atoms with Crippen LogP contribution < -0.4 is 4.90 Å². The van der Waals surface area contributed by atoms with Crippen LogP contribution in [-0.2, 0) is 6.54 Å². The summed E-state index contributed by atoms with van der Waals surface area (Å²) in [4.78, 5) is 16.9. The van der Waals surface area contributed by atoms with Gasteiger partial charge in [-0.25, -0.2) is 9.78 Å². The monoisotopic (exact) mass is 286 g/mol. The number of anilines is 1. The highest BCUT2D eigenvalue weighted by atomic mass is 35.5. The molecule has 0 unspecified atom stereocenters. The number of halogens is 1. The van der Waals surface area contributed by atoms with Gasteiger partial charge in [0.05, 0.1) is 12.8 Å². The summed E-state index contributed by atoms with van der Waals surface area (Å²) in [5.74, 6) is -0.266. The number of hydrogen-bond donors (Lipinski definition) is 1. The van der Waals surface area contributed by atoms with Crippen LogP contribution in [0, 0.1) is 0 Å². The predicted octanol–water partition coefficient (Wildman–Crippen LogP) is 3.11. The number of thiazole rings is 1. The van der Waals surface area contributed by atoms with Crippen molar-refractivity contribution in [3.63, 3.8) is 0 Å². The highest BCUT2D eigenvalue weighted by Gasteiger charge is 2.19. The summed E-state index contributed by atoms with van der Waals surface area (Å²) >= 11 is 6.86. The molecule has 0 aliphatic rings. The van der Waals surface area contributed by atoms with Crippen molar-refractivity contribution in [2.24, 2.45) is 0 Å². The highest BCUT2D eigenvalue weighted by Crippen LogP contribution is 2.30. The lowest BCUT2D eigenvalue weighted by molar-refractivity contribution is 0.0702. The molecule has 1 N–H and O–H groups in total. The van der Waals surface area contributed by atoms with Crippen LogP contribution >= 0.6 is 22.9 Å². The predicted molar refractivity (Wildman–Crippen MR) is 69.5 cm³/mol. The molecule has 0 bridgehead atoms. The van der Waals surface area contributed by atoms with E-state index in [1.54, 1.807) is 12.3 Å². The molecule has 0 radical (unpaired) electrons. The summed E-state index contributed by atoms with van der Waals surface area (Å²) in [6.45, 7) is 3.18. The average Bonchev–Trinajstić information content (AvgIpc) is 2.94. The molecule has 2 rings (SSSR count). The fourth-order valence-corrected chi connectivity index (χ4v) is 2.65. The number of rotatable bonds is 5. The third-order valence-corrected chi connectivity index (χ3v) is 3.84. The second-order valence-electron chi connectivity index (χ2n) is 3.52. The Morgan fingerprint density at radius 3 is 2.94 bits per heavy atom. The van der Waals surface area contributed by atoms with Gasteiger partial charge in [0.1, 0.15) is 5.76 Å². The number of carboxylic acids is 1. The van der Waals surface area contributed by atoms with Crippen LogP contribution in [0.15, 0.2) is 22.8 Å². The molecule has 2 aromatic heterocycles. The van der Waals surface area contributed by atoms with Crippen molar-refractivity contribution in [2.75, 3.05) is 11.4 Å². The molecule has 0 fully saturated rings. The normalized spacial score (nSPS) is 10.6. The van der Waals surface area contributed by atoms with E-state index in [1.807, 2.05) is 17.9 Å². The Morgan fingerprint density at radius 2 is 2.44 bits per heavy atom. The Morgan fingerprint density at radius 1 is 1.67 bits per heavy atom. The first-order chi connectivity index (χ1) is 8.61. The van der Waals surface area contributed by atoms with Crippen LogP contribution in [0.1, 0.15) is 22.4 Å². The molecule has 0 atom stereocenters. The fraction of sp³-hybridized carbons (Fsp3) is 0.273. The smallest absolute Gasteiger partial charge is 0.349 e. The van der Waals surface area contributed by atoms with Crippen LogP contribution in [0.25, 0.3) is 0 Å². The first-order valence-corrected chi connectivity index (χ1v) is 6.48. The molecule has 0 aliphatic heterocycles. The number of hydrogen-bond acceptors (Lipinski definition) is 5.